The van der Waals surface area contributed by atoms with Crippen molar-refractivity contribution in [3.63, 3.8) is 0 Å². The summed E-state index contributed by atoms with van der Waals surface area (Å²) in [6.07, 6.45) is -0.520. The van der Waals surface area contributed by atoms with Gasteiger partial charge in [0.25, 0.3) is 0 Å². The van der Waals surface area contributed by atoms with Crippen molar-refractivity contribution >= 4 is 29.7 Å². The summed E-state index contributed by atoms with van der Waals surface area (Å²) in [6.45, 7) is 7.16. The first kappa shape index (κ1) is 29.6. The third-order valence-corrected chi connectivity index (χ3v) is 5.27. The maximum atomic E-state index is 13.2. The molecule has 11 nitrogen and oxygen atoms in total. The van der Waals surface area contributed by atoms with Crippen molar-refractivity contribution in [1.82, 2.24) is 16.0 Å². The first-order valence-corrected chi connectivity index (χ1v) is 11.5. The van der Waals surface area contributed by atoms with Crippen molar-refractivity contribution in [3.05, 3.63) is 35.9 Å². The zero-order valence-corrected chi connectivity index (χ0v) is 20.5. The number of aliphatic carboxylic acids is 2. The molecule has 194 valence electrons. The highest BCUT2D eigenvalue weighted by Crippen LogP contribution is 2.09. The Balaban J connectivity index is 3.11. The molecule has 0 fully saturated rings. The van der Waals surface area contributed by atoms with Crippen LogP contribution in [-0.2, 0) is 30.4 Å². The van der Waals surface area contributed by atoms with Gasteiger partial charge < -0.3 is 31.9 Å². The Labute approximate surface area is 204 Å². The van der Waals surface area contributed by atoms with Gasteiger partial charge in [-0.25, -0.2) is 4.79 Å². The molecule has 0 aromatic heterocycles. The van der Waals surface area contributed by atoms with E-state index >= 15 is 0 Å². The average Bonchev–Trinajstić information content (AvgIpc) is 2.76. The van der Waals surface area contributed by atoms with Gasteiger partial charge in [0.2, 0.25) is 17.7 Å². The molecule has 0 saturated heterocycles. The van der Waals surface area contributed by atoms with E-state index in [0.29, 0.717) is 0 Å². The highest BCUT2D eigenvalue weighted by atomic mass is 16.4. The Bertz CT molecular complexity index is 889. The lowest BCUT2D eigenvalue weighted by Gasteiger charge is -2.26. The lowest BCUT2D eigenvalue weighted by molar-refractivity contribution is -0.147. The van der Waals surface area contributed by atoms with Crippen LogP contribution < -0.4 is 21.7 Å². The molecule has 7 N–H and O–H groups in total. The molecule has 4 atom stereocenters. The van der Waals surface area contributed by atoms with E-state index in [1.165, 1.54) is 0 Å². The molecule has 0 aliphatic heterocycles. The Hall–Kier alpha value is -3.47. The van der Waals surface area contributed by atoms with Crippen LogP contribution in [0.3, 0.4) is 0 Å². The predicted molar refractivity (Wildman–Crippen MR) is 128 cm³/mol. The van der Waals surface area contributed by atoms with E-state index < -0.39 is 60.2 Å². The molecule has 0 saturated carbocycles. The van der Waals surface area contributed by atoms with Gasteiger partial charge in [0.15, 0.2) is 0 Å². The fourth-order valence-electron chi connectivity index (χ4n) is 3.25. The molecule has 1 rings (SSSR count). The van der Waals surface area contributed by atoms with Crippen molar-refractivity contribution in [2.75, 3.05) is 0 Å². The molecule has 11 heteroatoms. The van der Waals surface area contributed by atoms with Crippen LogP contribution in [0.25, 0.3) is 0 Å². The molecule has 0 aliphatic carbocycles. The summed E-state index contributed by atoms with van der Waals surface area (Å²) in [4.78, 5) is 60.9. The molecular weight excluding hydrogens is 456 g/mol. The molecule has 1 aromatic rings. The van der Waals surface area contributed by atoms with E-state index in [-0.39, 0.29) is 24.7 Å². The first-order chi connectivity index (χ1) is 16.3. The van der Waals surface area contributed by atoms with Gasteiger partial charge in [0.05, 0.1) is 12.5 Å². The summed E-state index contributed by atoms with van der Waals surface area (Å²) in [5.41, 5.74) is 6.70. The van der Waals surface area contributed by atoms with Crippen LogP contribution in [-0.4, -0.2) is 64.0 Å². The largest absolute Gasteiger partial charge is 0.481 e. The predicted octanol–water partition coefficient (Wildman–Crippen LogP) is 0.272. The van der Waals surface area contributed by atoms with Crippen LogP contribution in [0.1, 0.15) is 46.1 Å². The van der Waals surface area contributed by atoms with E-state index in [0.717, 1.165) is 5.56 Å². The summed E-state index contributed by atoms with van der Waals surface area (Å²) in [5, 5.41) is 25.6. The molecule has 0 bridgehead atoms. The zero-order chi connectivity index (χ0) is 26.7. The van der Waals surface area contributed by atoms with Gasteiger partial charge in [-0.15, -0.1) is 0 Å². The number of hydrogen-bond donors (Lipinski definition) is 6. The van der Waals surface area contributed by atoms with Crippen LogP contribution in [0.4, 0.5) is 0 Å². The van der Waals surface area contributed by atoms with Gasteiger partial charge in [-0.2, -0.15) is 0 Å². The number of hydrogen-bond acceptors (Lipinski definition) is 6. The third kappa shape index (κ3) is 10.6. The number of benzene rings is 1. The van der Waals surface area contributed by atoms with Crippen LogP contribution in [0, 0.1) is 11.8 Å². The second kappa shape index (κ2) is 14.1. The fraction of sp³-hybridized carbons (Fsp3) is 0.542. The fourth-order valence-corrected chi connectivity index (χ4v) is 3.25. The summed E-state index contributed by atoms with van der Waals surface area (Å²) < 4.78 is 0. The zero-order valence-electron chi connectivity index (χ0n) is 20.5. The lowest BCUT2D eigenvalue weighted by Crippen LogP contribution is -2.58. The Morgan fingerprint density at radius 1 is 0.800 bits per heavy atom. The number of amides is 3. The third-order valence-electron chi connectivity index (χ3n) is 5.27. The van der Waals surface area contributed by atoms with Gasteiger partial charge in [0.1, 0.15) is 18.1 Å². The molecule has 0 spiro atoms. The average molecular weight is 493 g/mol. The number of carboxylic acids is 2. The van der Waals surface area contributed by atoms with Crippen molar-refractivity contribution < 1.29 is 34.2 Å². The minimum atomic E-state index is -1.66. The summed E-state index contributed by atoms with van der Waals surface area (Å²) in [6, 6.07) is 4.26. The highest BCUT2D eigenvalue weighted by molar-refractivity contribution is 5.94. The van der Waals surface area contributed by atoms with E-state index in [1.807, 2.05) is 19.9 Å². The van der Waals surface area contributed by atoms with Gasteiger partial charge >= 0.3 is 11.9 Å². The molecule has 35 heavy (non-hydrogen) atoms. The smallest absolute Gasteiger partial charge is 0.326 e. The maximum Gasteiger partial charge on any atom is 0.326 e. The first-order valence-electron chi connectivity index (χ1n) is 11.5. The molecular formula is C24H36N4O7. The number of carbonyl (C=O) groups is 5. The highest BCUT2D eigenvalue weighted by Gasteiger charge is 2.32. The van der Waals surface area contributed by atoms with E-state index in [4.69, 9.17) is 10.8 Å². The van der Waals surface area contributed by atoms with Crippen LogP contribution >= 0.6 is 0 Å². The van der Waals surface area contributed by atoms with Crippen LogP contribution in [0.15, 0.2) is 30.3 Å². The standard InChI is InChI=1S/C24H36N4O7/c1-13(2)10-16(21(31)28-18(24(34)35)12-19(29)30)26-22(32)17(11-15-8-6-5-7-9-15)27-23(33)20(25)14(3)4/h5-9,13-14,16-18,20H,10-12,25H2,1-4H3,(H,26,32)(H,27,33)(H,28,31)(H,29,30)(H,34,35). The van der Waals surface area contributed by atoms with Crippen molar-refractivity contribution in [3.8, 4) is 0 Å². The number of rotatable bonds is 14. The molecule has 0 heterocycles. The molecule has 1 aromatic carbocycles. The molecule has 4 unspecified atom stereocenters. The Morgan fingerprint density at radius 2 is 1.31 bits per heavy atom. The van der Waals surface area contributed by atoms with Crippen LogP contribution in [0.2, 0.25) is 0 Å². The van der Waals surface area contributed by atoms with Gasteiger partial charge in [-0.3, -0.25) is 19.2 Å². The lowest BCUT2D eigenvalue weighted by atomic mass is 9.99. The van der Waals surface area contributed by atoms with Gasteiger partial charge in [-0.05, 0) is 23.8 Å². The summed E-state index contributed by atoms with van der Waals surface area (Å²) in [7, 11) is 0. The second-order valence-corrected chi connectivity index (χ2v) is 9.21. The van der Waals surface area contributed by atoms with E-state index in [2.05, 4.69) is 16.0 Å². The van der Waals surface area contributed by atoms with Crippen LogP contribution in [0.5, 0.6) is 0 Å². The Kier molecular flexibility index (Phi) is 11.9. The quantitative estimate of drug-likeness (QED) is 0.213. The normalized spacial score (nSPS) is 14.5. The molecule has 3 amide bonds. The minimum Gasteiger partial charge on any atom is -0.481 e. The number of nitrogens with one attached hydrogen (secondary N) is 3. The van der Waals surface area contributed by atoms with Gasteiger partial charge in [-0.1, -0.05) is 58.0 Å². The van der Waals surface area contributed by atoms with Gasteiger partial charge in [0, 0.05) is 6.42 Å². The van der Waals surface area contributed by atoms with E-state index in [1.54, 1.807) is 38.1 Å². The molecule has 0 aliphatic rings. The van der Waals surface area contributed by atoms with E-state index in [9.17, 15) is 29.1 Å². The van der Waals surface area contributed by atoms with Crippen molar-refractivity contribution in [2.45, 2.75) is 71.1 Å². The monoisotopic (exact) mass is 492 g/mol. The minimum absolute atomic E-state index is 0.0645. The molecule has 0 radical (unpaired) electrons. The summed E-state index contributed by atoms with van der Waals surface area (Å²) in [5.74, 6) is -5.13. The van der Waals surface area contributed by atoms with Crippen molar-refractivity contribution in [2.24, 2.45) is 17.6 Å². The summed E-state index contributed by atoms with van der Waals surface area (Å²) >= 11 is 0. The topological polar surface area (TPSA) is 188 Å². The van der Waals surface area contributed by atoms with Crippen molar-refractivity contribution in [1.29, 1.82) is 0 Å². The number of carboxylic acid groups (broad SMARTS) is 2. The Morgan fingerprint density at radius 3 is 1.80 bits per heavy atom. The number of nitrogens with two attached hydrogens (primary N) is 1. The maximum absolute atomic E-state index is 13.2. The number of carbonyl (C=O) groups excluding carboxylic acids is 3. The second-order valence-electron chi connectivity index (χ2n) is 9.21. The SMILES string of the molecule is CC(C)CC(NC(=O)C(Cc1ccccc1)NC(=O)C(N)C(C)C)C(=O)NC(CC(=O)O)C(=O)O.